The van der Waals surface area contributed by atoms with Gasteiger partial charge in [0.2, 0.25) is 5.69 Å². The lowest BCUT2D eigenvalue weighted by Gasteiger charge is -2.25. The van der Waals surface area contributed by atoms with E-state index in [1.165, 1.54) is 12.3 Å². The van der Waals surface area contributed by atoms with Crippen molar-refractivity contribution in [3.05, 3.63) is 82.1 Å². The van der Waals surface area contributed by atoms with Gasteiger partial charge in [-0.3, -0.25) is 0 Å². The Labute approximate surface area is 164 Å². The lowest BCUT2D eigenvalue weighted by molar-refractivity contribution is -0.661. The minimum absolute atomic E-state index is 0.289. The summed E-state index contributed by atoms with van der Waals surface area (Å²) >= 11 is 0. The number of rotatable bonds is 1. The molecule has 1 heterocycles. The first-order valence-corrected chi connectivity index (χ1v) is 8.83. The normalized spacial score (nSPS) is 15.9. The molecule has 0 atom stereocenters. The highest BCUT2D eigenvalue weighted by molar-refractivity contribution is 5.89. The number of benzene rings is 2. The van der Waals surface area contributed by atoms with Crippen molar-refractivity contribution < 1.29 is 13.1 Å². The topological polar surface area (TPSA) is 8.24 Å². The van der Waals surface area contributed by atoms with Crippen LogP contribution in [0.25, 0.3) is 27.2 Å². The minimum Gasteiger partial charge on any atom is -0.238 e. The molecule has 0 fully saturated rings. The van der Waals surface area contributed by atoms with Crippen LogP contribution in [0.1, 0.15) is 40.2 Å². The van der Waals surface area contributed by atoms with Gasteiger partial charge in [0, 0.05) is 21.2 Å². The molecule has 0 radical (unpaired) electrons. The molecule has 0 saturated carbocycles. The molecule has 0 spiro atoms. The van der Waals surface area contributed by atoms with Crippen molar-refractivity contribution in [2.24, 2.45) is 7.05 Å². The number of halogens is 1. The molecule has 4 rings (SSSR count). The van der Waals surface area contributed by atoms with Gasteiger partial charge in [0.25, 0.3) is 0 Å². The van der Waals surface area contributed by atoms with E-state index in [4.69, 9.17) is 10.7 Å². The Bertz CT molecular complexity index is 1250. The van der Waals surface area contributed by atoms with Gasteiger partial charge in [-0.25, -0.2) is 13.8 Å². The van der Waals surface area contributed by atoms with Crippen molar-refractivity contribution in [1.29, 1.82) is 0 Å². The molecule has 1 aliphatic rings. The summed E-state index contributed by atoms with van der Waals surface area (Å²) in [6.45, 7) is 11.1. The van der Waals surface area contributed by atoms with Gasteiger partial charge in [-0.05, 0) is 41.6 Å². The molecule has 0 aliphatic heterocycles. The van der Waals surface area contributed by atoms with Gasteiger partial charge < -0.3 is 0 Å². The number of fused-ring (bicyclic) bond motifs is 3. The second kappa shape index (κ2) is 5.76. The van der Waals surface area contributed by atoms with Gasteiger partial charge in [0.1, 0.15) is 12.9 Å². The summed E-state index contributed by atoms with van der Waals surface area (Å²) in [5.74, 6) is -0.733. The van der Waals surface area contributed by atoms with E-state index in [1.54, 1.807) is 11.6 Å². The summed E-state index contributed by atoms with van der Waals surface area (Å²) in [6, 6.07) is 11.1. The molecule has 27 heavy (non-hydrogen) atoms. The third-order valence-electron chi connectivity index (χ3n) is 5.61. The Balaban J connectivity index is 2.03. The largest absolute Gasteiger partial charge is 0.238 e. The average Bonchev–Trinajstić information content (AvgIpc) is 2.89. The fourth-order valence-corrected chi connectivity index (χ4v) is 4.27. The van der Waals surface area contributed by atoms with E-state index >= 15 is 0 Å². The van der Waals surface area contributed by atoms with Crippen LogP contribution in [-0.2, 0) is 12.5 Å². The highest BCUT2D eigenvalue weighted by Crippen LogP contribution is 2.53. The van der Waals surface area contributed by atoms with Crippen LogP contribution in [0.4, 0.5) is 10.1 Å². The first-order chi connectivity index (χ1) is 14.0. The van der Waals surface area contributed by atoms with Crippen molar-refractivity contribution in [2.75, 3.05) is 0 Å². The van der Waals surface area contributed by atoms with E-state index in [2.05, 4.69) is 24.8 Å². The molecule has 0 amide bonds. The maximum Gasteiger partial charge on any atom is 0.215 e. The molecule has 134 valence electrons. The van der Waals surface area contributed by atoms with E-state index in [9.17, 15) is 4.39 Å². The molecule has 0 bridgehead atoms. The van der Waals surface area contributed by atoms with E-state index in [-0.39, 0.29) is 11.0 Å². The van der Waals surface area contributed by atoms with Crippen LogP contribution in [-0.4, -0.2) is 0 Å². The molecule has 3 aromatic rings. The number of hydrogen-bond acceptors (Lipinski definition) is 0. The highest BCUT2D eigenvalue weighted by atomic mass is 19.1. The molecule has 0 unspecified atom stereocenters. The Morgan fingerprint density at radius 2 is 1.85 bits per heavy atom. The van der Waals surface area contributed by atoms with Crippen molar-refractivity contribution in [3.63, 3.8) is 0 Å². The Morgan fingerprint density at radius 1 is 1.11 bits per heavy atom. The van der Waals surface area contributed by atoms with E-state index in [0.29, 0.717) is 11.4 Å². The molecule has 2 aromatic carbocycles. The second-order valence-electron chi connectivity index (χ2n) is 7.68. The van der Waals surface area contributed by atoms with Crippen LogP contribution in [0.5, 0.6) is 0 Å². The third-order valence-corrected chi connectivity index (χ3v) is 5.61. The van der Waals surface area contributed by atoms with Crippen molar-refractivity contribution >= 4 is 5.69 Å². The third kappa shape index (κ3) is 2.40. The molecule has 3 heteroatoms. The Morgan fingerprint density at radius 3 is 2.56 bits per heavy atom. The first-order valence-electron chi connectivity index (χ1n) is 10.3. The molecule has 1 aliphatic carbocycles. The zero-order valence-electron chi connectivity index (χ0n) is 18.8. The Hall–Kier alpha value is -2.99. The van der Waals surface area contributed by atoms with Gasteiger partial charge in [0.05, 0.1) is 12.1 Å². The summed E-state index contributed by atoms with van der Waals surface area (Å²) in [4.78, 5) is 3.58. The van der Waals surface area contributed by atoms with Crippen LogP contribution in [0.15, 0.2) is 42.6 Å². The van der Waals surface area contributed by atoms with Gasteiger partial charge >= 0.3 is 0 Å². The maximum atomic E-state index is 14.8. The van der Waals surface area contributed by atoms with E-state index in [1.807, 2.05) is 31.2 Å². The molecule has 0 saturated heterocycles. The number of hydrogen-bond donors (Lipinski definition) is 0. The Kier molecular flexibility index (Phi) is 3.01. The van der Waals surface area contributed by atoms with Crippen LogP contribution >= 0.6 is 0 Å². The van der Waals surface area contributed by atoms with Crippen LogP contribution in [0, 0.1) is 26.2 Å². The molecule has 1 aromatic heterocycles. The van der Waals surface area contributed by atoms with Gasteiger partial charge in [0.15, 0.2) is 11.9 Å². The maximum absolute atomic E-state index is 14.8. The number of aromatic nitrogens is 1. The lowest BCUT2D eigenvalue weighted by atomic mass is 9.78. The van der Waals surface area contributed by atoms with Crippen molar-refractivity contribution in [3.8, 4) is 22.4 Å². The standard InChI is InChI=1S/C24H22FN2/c1-14-7-9-18-17-10-8-16(26-5)11-19(17)24(3,4)23(18)22(14)21-12-20(25)15(2)13-27(21)6/h7-13H,1-4,6H3/q+1/i2D3. The lowest BCUT2D eigenvalue weighted by Crippen LogP contribution is -2.33. The molecular formula is C24H22FN2+. The minimum atomic E-state index is -2.51. The zero-order chi connectivity index (χ0) is 22.0. The zero-order valence-corrected chi connectivity index (χ0v) is 15.8. The van der Waals surface area contributed by atoms with Gasteiger partial charge in [-0.1, -0.05) is 44.2 Å². The summed E-state index contributed by atoms with van der Waals surface area (Å²) in [5.41, 5.74) is 6.69. The fraction of sp³-hybridized carbons (Fsp3) is 0.250. The van der Waals surface area contributed by atoms with E-state index < -0.39 is 12.7 Å². The number of nitrogens with zero attached hydrogens (tertiary/aromatic N) is 2. The van der Waals surface area contributed by atoms with E-state index in [0.717, 1.165) is 33.4 Å². The quantitative estimate of drug-likeness (QED) is 0.383. The summed E-state index contributed by atoms with van der Waals surface area (Å²) < 4.78 is 39.3. The predicted molar refractivity (Wildman–Crippen MR) is 106 cm³/mol. The molecule has 0 N–H and O–H groups in total. The summed E-state index contributed by atoms with van der Waals surface area (Å²) in [7, 11) is 1.75. The van der Waals surface area contributed by atoms with Crippen LogP contribution in [0.3, 0.4) is 0 Å². The van der Waals surface area contributed by atoms with Crippen LogP contribution < -0.4 is 4.57 Å². The van der Waals surface area contributed by atoms with Crippen molar-refractivity contribution in [1.82, 2.24) is 0 Å². The summed E-state index contributed by atoms with van der Waals surface area (Å²) in [6.07, 6.45) is 1.36. The number of aryl methyl sites for hydroxylation is 3. The smallest absolute Gasteiger partial charge is 0.215 e. The first kappa shape index (κ1) is 14.1. The number of pyridine rings is 1. The second-order valence-corrected chi connectivity index (χ2v) is 7.68. The fourth-order valence-electron chi connectivity index (χ4n) is 4.27. The summed E-state index contributed by atoms with van der Waals surface area (Å²) in [5, 5.41) is 0. The highest BCUT2D eigenvalue weighted by Gasteiger charge is 2.39. The van der Waals surface area contributed by atoms with Crippen LogP contribution in [0.2, 0.25) is 0 Å². The predicted octanol–water partition coefficient (Wildman–Crippen LogP) is 5.79. The van der Waals surface area contributed by atoms with Gasteiger partial charge in [-0.2, -0.15) is 0 Å². The van der Waals surface area contributed by atoms with Crippen molar-refractivity contribution in [2.45, 2.75) is 33.0 Å². The molecular weight excluding hydrogens is 335 g/mol. The molecule has 2 nitrogen and oxygen atoms in total. The average molecular weight is 360 g/mol. The monoisotopic (exact) mass is 360 g/mol. The SMILES string of the molecule is [2H]C([2H])([2H])c1c[n+](C)c(-c2c(C)ccc3c2C(C)(C)c2cc([N+]#[C-])ccc2-3)cc1F. The van der Waals surface area contributed by atoms with Gasteiger partial charge in [-0.15, -0.1) is 0 Å².